The molecule has 0 amide bonds. The van der Waals surface area contributed by atoms with Crippen LogP contribution in [0.15, 0.2) is 85.1 Å². The Morgan fingerprint density at radius 3 is 1.83 bits per heavy atom. The lowest BCUT2D eigenvalue weighted by Gasteiger charge is -2.11. The van der Waals surface area contributed by atoms with Gasteiger partial charge in [-0.15, -0.1) is 13.2 Å². The number of rotatable bonds is 5. The summed E-state index contributed by atoms with van der Waals surface area (Å²) in [4.78, 5) is 0. The van der Waals surface area contributed by atoms with Gasteiger partial charge in [-0.25, -0.2) is 0 Å². The van der Waals surface area contributed by atoms with E-state index < -0.39 is 0 Å². The van der Waals surface area contributed by atoms with Gasteiger partial charge in [-0.1, -0.05) is 100 Å². The van der Waals surface area contributed by atoms with E-state index in [1.165, 1.54) is 39.9 Å². The topological polar surface area (TPSA) is 12.0 Å². The van der Waals surface area contributed by atoms with Crippen molar-refractivity contribution in [2.45, 2.75) is 68.4 Å². The zero-order valence-corrected chi connectivity index (χ0v) is 20.2. The summed E-state index contributed by atoms with van der Waals surface area (Å²) in [7, 11) is 0. The van der Waals surface area contributed by atoms with Crippen LogP contribution in [-0.4, -0.2) is 0 Å². The lowest BCUT2D eigenvalue weighted by molar-refractivity contribution is 0.800. The molecule has 1 N–H and O–H groups in total. The molecule has 0 fully saturated rings. The van der Waals surface area contributed by atoms with Gasteiger partial charge in [0.2, 0.25) is 0 Å². The molecule has 0 heterocycles. The first kappa shape index (κ1) is 28.7. The monoisotopic (exact) mass is 393 g/mol. The minimum Gasteiger partial charge on any atom is -0.384 e. The largest absolute Gasteiger partial charge is 0.384 e. The van der Waals surface area contributed by atoms with Gasteiger partial charge in [0, 0.05) is 12.2 Å². The lowest BCUT2D eigenvalue weighted by atomic mass is 10.0. The third kappa shape index (κ3) is 11.8. The minimum atomic E-state index is 0.838. The molecule has 0 atom stereocenters. The molecule has 0 saturated heterocycles. The first-order valence-electron chi connectivity index (χ1n) is 10.6. The van der Waals surface area contributed by atoms with Crippen molar-refractivity contribution in [3.05, 3.63) is 96.2 Å². The second kappa shape index (κ2) is 17.6. The molecule has 0 aliphatic heterocycles. The molecule has 2 rings (SSSR count). The van der Waals surface area contributed by atoms with Crippen LogP contribution in [-0.2, 0) is 6.54 Å². The third-order valence-electron chi connectivity index (χ3n) is 4.07. The summed E-state index contributed by atoms with van der Waals surface area (Å²) in [5.74, 6) is 0. The number of hydrogen-bond donors (Lipinski definition) is 1. The molecule has 0 radical (unpaired) electrons. The Balaban J connectivity index is 0. The normalized spacial score (nSPS) is 9.93. The third-order valence-corrected chi connectivity index (χ3v) is 4.07. The van der Waals surface area contributed by atoms with Crippen LogP contribution in [0.2, 0.25) is 0 Å². The molecule has 160 valence electrons. The Morgan fingerprint density at radius 2 is 1.38 bits per heavy atom. The highest BCUT2D eigenvalue weighted by atomic mass is 14.9. The van der Waals surface area contributed by atoms with E-state index in [1.54, 1.807) is 0 Å². The lowest BCUT2D eigenvalue weighted by Crippen LogP contribution is -2.12. The number of benzene rings is 2. The Hall–Kier alpha value is -2.54. The molecule has 0 aliphatic carbocycles. The highest BCUT2D eigenvalue weighted by molar-refractivity contribution is 5.64. The first-order chi connectivity index (χ1) is 13.9. The van der Waals surface area contributed by atoms with Gasteiger partial charge in [-0.3, -0.25) is 0 Å². The molecule has 0 saturated carbocycles. The Bertz CT molecular complexity index is 720. The van der Waals surface area contributed by atoms with Crippen molar-refractivity contribution in [1.82, 2.24) is 5.32 Å². The van der Waals surface area contributed by atoms with E-state index in [0.717, 1.165) is 12.1 Å². The number of nitrogens with one attached hydrogen (secondary N) is 1. The van der Waals surface area contributed by atoms with Crippen molar-refractivity contribution in [3.63, 3.8) is 0 Å². The van der Waals surface area contributed by atoms with E-state index in [0.29, 0.717) is 0 Å². The van der Waals surface area contributed by atoms with Crippen molar-refractivity contribution < 1.29 is 0 Å². The molecular weight excluding hydrogens is 350 g/mol. The second-order valence-corrected chi connectivity index (χ2v) is 6.66. The van der Waals surface area contributed by atoms with Crippen molar-refractivity contribution in [2.75, 3.05) is 0 Å². The van der Waals surface area contributed by atoms with Gasteiger partial charge < -0.3 is 5.32 Å². The van der Waals surface area contributed by atoms with Crippen LogP contribution in [0.1, 0.15) is 66.0 Å². The van der Waals surface area contributed by atoms with E-state index in [-0.39, 0.29) is 0 Å². The standard InChI is InChI=1S/C21H25N.C3H8.C2H6.C2H4/c1-15(2)17(4)18(5)22-14-19-9-11-20(12-10-19)21-8-6-7-16(3)13-21;1-3-2;2*1-2/h6-13,22H,1,14H2,2-5H3;3H2,1-2H3;1-2H3;1-2H2/b18-17+;;;. The van der Waals surface area contributed by atoms with Gasteiger partial charge in [-0.2, -0.15) is 0 Å². The molecule has 2 aromatic rings. The molecule has 0 aliphatic rings. The molecule has 0 spiro atoms. The zero-order chi connectivity index (χ0) is 22.8. The molecule has 2 aromatic carbocycles. The fourth-order valence-electron chi connectivity index (χ4n) is 2.33. The van der Waals surface area contributed by atoms with Crippen molar-refractivity contribution in [3.8, 4) is 11.1 Å². The highest BCUT2D eigenvalue weighted by Gasteiger charge is 2.00. The average molecular weight is 394 g/mol. The molecule has 0 unspecified atom stereocenters. The van der Waals surface area contributed by atoms with Crippen molar-refractivity contribution in [1.29, 1.82) is 0 Å². The summed E-state index contributed by atoms with van der Waals surface area (Å²) in [6.45, 7) is 27.4. The average Bonchev–Trinajstić information content (AvgIpc) is 2.75. The molecule has 29 heavy (non-hydrogen) atoms. The summed E-state index contributed by atoms with van der Waals surface area (Å²) < 4.78 is 0. The van der Waals surface area contributed by atoms with Gasteiger partial charge >= 0.3 is 0 Å². The fourth-order valence-corrected chi connectivity index (χ4v) is 2.33. The van der Waals surface area contributed by atoms with E-state index in [4.69, 9.17) is 0 Å². The summed E-state index contributed by atoms with van der Waals surface area (Å²) in [6, 6.07) is 17.4. The quantitative estimate of drug-likeness (QED) is 0.395. The van der Waals surface area contributed by atoms with E-state index in [1.807, 2.05) is 20.8 Å². The fraction of sp³-hybridized carbons (Fsp3) is 0.357. The van der Waals surface area contributed by atoms with Crippen LogP contribution in [0.25, 0.3) is 11.1 Å². The van der Waals surface area contributed by atoms with Crippen LogP contribution in [0.3, 0.4) is 0 Å². The van der Waals surface area contributed by atoms with Gasteiger partial charge in [0.05, 0.1) is 0 Å². The second-order valence-electron chi connectivity index (χ2n) is 6.66. The van der Waals surface area contributed by atoms with E-state index in [2.05, 4.69) is 108 Å². The summed E-state index contributed by atoms with van der Waals surface area (Å²) >= 11 is 0. The van der Waals surface area contributed by atoms with E-state index in [9.17, 15) is 0 Å². The molecule has 1 heteroatoms. The van der Waals surface area contributed by atoms with Crippen molar-refractivity contribution >= 4 is 0 Å². The van der Waals surface area contributed by atoms with Crippen LogP contribution < -0.4 is 5.32 Å². The maximum Gasteiger partial charge on any atom is 0.0397 e. The van der Waals surface area contributed by atoms with Gasteiger partial charge in [-0.05, 0) is 50.0 Å². The summed E-state index contributed by atoms with van der Waals surface area (Å²) in [6.07, 6.45) is 1.25. The smallest absolute Gasteiger partial charge is 0.0397 e. The van der Waals surface area contributed by atoms with Crippen LogP contribution in [0, 0.1) is 6.92 Å². The number of hydrogen-bond acceptors (Lipinski definition) is 1. The Kier molecular flexibility index (Phi) is 17.4. The van der Waals surface area contributed by atoms with E-state index >= 15 is 0 Å². The SMILES string of the molecule is C=C.C=C(C)/C(C)=C(\C)NCc1ccc(-c2cccc(C)c2)cc1.CC.CCC. The molecule has 1 nitrogen and oxygen atoms in total. The maximum atomic E-state index is 3.99. The predicted molar refractivity (Wildman–Crippen MR) is 135 cm³/mol. The predicted octanol–water partition coefficient (Wildman–Crippen LogP) is 8.87. The maximum absolute atomic E-state index is 3.99. The molecule has 0 bridgehead atoms. The highest BCUT2D eigenvalue weighted by Crippen LogP contribution is 2.21. The van der Waals surface area contributed by atoms with Gasteiger partial charge in [0.25, 0.3) is 0 Å². The number of allylic oxidation sites excluding steroid dienone is 3. The minimum absolute atomic E-state index is 0.838. The Morgan fingerprint density at radius 1 is 0.862 bits per heavy atom. The van der Waals surface area contributed by atoms with Crippen LogP contribution in [0.4, 0.5) is 0 Å². The van der Waals surface area contributed by atoms with Crippen LogP contribution in [0.5, 0.6) is 0 Å². The van der Waals surface area contributed by atoms with Crippen LogP contribution >= 0.6 is 0 Å². The van der Waals surface area contributed by atoms with Gasteiger partial charge in [0.15, 0.2) is 0 Å². The zero-order valence-electron chi connectivity index (χ0n) is 20.2. The Labute approximate surface area is 181 Å². The first-order valence-corrected chi connectivity index (χ1v) is 10.6. The van der Waals surface area contributed by atoms with Crippen molar-refractivity contribution in [2.24, 2.45) is 0 Å². The summed E-state index contributed by atoms with van der Waals surface area (Å²) in [5.41, 5.74) is 8.64. The summed E-state index contributed by atoms with van der Waals surface area (Å²) in [5, 5.41) is 3.47. The molecule has 0 aromatic heterocycles. The van der Waals surface area contributed by atoms with Gasteiger partial charge in [0.1, 0.15) is 0 Å². The number of aryl methyl sites for hydroxylation is 1. The molecular formula is C28H43N.